The van der Waals surface area contributed by atoms with E-state index in [1.807, 2.05) is 24.0 Å². The molecule has 3 aromatic rings. The van der Waals surface area contributed by atoms with Gasteiger partial charge in [-0.1, -0.05) is 0 Å². The summed E-state index contributed by atoms with van der Waals surface area (Å²) in [6.07, 6.45) is 5.36. The van der Waals surface area contributed by atoms with Gasteiger partial charge >= 0.3 is 0 Å². The Morgan fingerprint density at radius 1 is 1.25 bits per heavy atom. The average Bonchev–Trinajstić information content (AvgIpc) is 3.18. The Kier molecular flexibility index (Phi) is 3.44. The van der Waals surface area contributed by atoms with Crippen molar-refractivity contribution in [3.05, 3.63) is 24.8 Å². The Morgan fingerprint density at radius 3 is 2.92 bits per heavy atom. The van der Waals surface area contributed by atoms with E-state index >= 15 is 0 Å². The molecule has 0 atom stereocenters. The number of hydrogen-bond donors (Lipinski definition) is 1. The van der Waals surface area contributed by atoms with Gasteiger partial charge in [0.25, 0.3) is 0 Å². The minimum Gasteiger partial charge on any atom is -0.491 e. The van der Waals surface area contributed by atoms with Gasteiger partial charge in [0.05, 0.1) is 12.1 Å². The molecule has 0 aliphatic carbocycles. The van der Waals surface area contributed by atoms with Crippen LogP contribution in [0.4, 0.5) is 5.82 Å². The van der Waals surface area contributed by atoms with E-state index in [4.69, 9.17) is 9.72 Å². The van der Waals surface area contributed by atoms with Crippen LogP contribution in [0.25, 0.3) is 22.9 Å². The minimum absolute atomic E-state index is 0.222. The molecule has 0 spiro atoms. The number of hydrogen-bond acceptors (Lipinski definition) is 6. The van der Waals surface area contributed by atoms with Crippen molar-refractivity contribution >= 4 is 5.82 Å². The zero-order chi connectivity index (χ0) is 16.7. The Balaban J connectivity index is 1.83. The van der Waals surface area contributed by atoms with Crippen LogP contribution in [0.5, 0.6) is 5.75 Å². The third-order valence-corrected chi connectivity index (χ3v) is 4.02. The van der Waals surface area contributed by atoms with E-state index < -0.39 is 0 Å². The lowest BCUT2D eigenvalue weighted by Crippen LogP contribution is -2.06. The molecule has 8 heteroatoms. The molecule has 124 valence electrons. The van der Waals surface area contributed by atoms with E-state index in [1.54, 1.807) is 12.5 Å². The molecule has 0 saturated heterocycles. The summed E-state index contributed by atoms with van der Waals surface area (Å²) in [6.45, 7) is 5.46. The lowest BCUT2D eigenvalue weighted by atomic mass is 10.2. The highest BCUT2D eigenvalue weighted by Gasteiger charge is 2.22. The first-order valence-corrected chi connectivity index (χ1v) is 7.95. The summed E-state index contributed by atoms with van der Waals surface area (Å²) >= 11 is 0. The molecule has 1 aliphatic rings. The smallest absolute Gasteiger partial charge is 0.178 e. The Hall–Kier alpha value is -2.90. The highest BCUT2D eigenvalue weighted by atomic mass is 16.5. The molecule has 1 aliphatic heterocycles. The highest BCUT2D eigenvalue weighted by Crippen LogP contribution is 2.34. The maximum absolute atomic E-state index is 5.85. The van der Waals surface area contributed by atoms with E-state index in [0.29, 0.717) is 6.61 Å². The van der Waals surface area contributed by atoms with Crippen molar-refractivity contribution in [2.75, 3.05) is 19.0 Å². The van der Waals surface area contributed by atoms with Crippen LogP contribution in [0.3, 0.4) is 0 Å². The zero-order valence-electron chi connectivity index (χ0n) is 13.9. The number of nitrogens with one attached hydrogen (secondary N) is 1. The Morgan fingerprint density at radius 2 is 2.12 bits per heavy atom. The predicted molar refractivity (Wildman–Crippen MR) is 89.9 cm³/mol. The molecule has 8 nitrogen and oxygen atoms in total. The van der Waals surface area contributed by atoms with E-state index in [9.17, 15) is 0 Å². The van der Waals surface area contributed by atoms with Gasteiger partial charge in [0.2, 0.25) is 0 Å². The van der Waals surface area contributed by atoms with Gasteiger partial charge in [-0.05, 0) is 13.8 Å². The molecular weight excluding hydrogens is 306 g/mol. The molecule has 3 aromatic heterocycles. The van der Waals surface area contributed by atoms with Gasteiger partial charge < -0.3 is 14.6 Å². The van der Waals surface area contributed by atoms with Crippen LogP contribution >= 0.6 is 0 Å². The quantitative estimate of drug-likeness (QED) is 0.795. The van der Waals surface area contributed by atoms with Gasteiger partial charge in [-0.15, -0.1) is 0 Å². The van der Waals surface area contributed by atoms with Gasteiger partial charge in [0.15, 0.2) is 5.82 Å². The fourth-order valence-corrected chi connectivity index (χ4v) is 2.84. The van der Waals surface area contributed by atoms with Crippen molar-refractivity contribution < 1.29 is 4.74 Å². The lowest BCUT2D eigenvalue weighted by Gasteiger charge is -2.08. The number of rotatable bonds is 3. The van der Waals surface area contributed by atoms with E-state index in [2.05, 4.69) is 38.8 Å². The molecule has 0 fully saturated rings. The number of ether oxygens (including phenoxy) is 1. The molecule has 4 heterocycles. The lowest BCUT2D eigenvalue weighted by molar-refractivity contribution is 0.306. The molecule has 0 amide bonds. The van der Waals surface area contributed by atoms with Crippen molar-refractivity contribution in [3.8, 4) is 28.7 Å². The summed E-state index contributed by atoms with van der Waals surface area (Å²) in [5, 5.41) is 7.32. The highest BCUT2D eigenvalue weighted by molar-refractivity contribution is 5.69. The van der Waals surface area contributed by atoms with Crippen LogP contribution in [0, 0.1) is 0 Å². The molecule has 0 bridgehead atoms. The number of aromatic nitrogens is 6. The summed E-state index contributed by atoms with van der Waals surface area (Å²) in [6, 6.07) is 2.12. The monoisotopic (exact) mass is 325 g/mol. The van der Waals surface area contributed by atoms with Crippen molar-refractivity contribution in [2.24, 2.45) is 0 Å². The third-order valence-electron chi connectivity index (χ3n) is 4.02. The first kappa shape index (κ1) is 14.7. The van der Waals surface area contributed by atoms with Gasteiger partial charge in [-0.25, -0.2) is 19.6 Å². The second-order valence-electron chi connectivity index (χ2n) is 5.93. The number of imidazole rings is 1. The zero-order valence-corrected chi connectivity index (χ0v) is 13.9. The van der Waals surface area contributed by atoms with E-state index in [-0.39, 0.29) is 6.04 Å². The van der Waals surface area contributed by atoms with Crippen LogP contribution in [0.2, 0.25) is 0 Å². The predicted octanol–water partition coefficient (Wildman–Crippen LogP) is 2.22. The maximum Gasteiger partial charge on any atom is 0.178 e. The molecule has 0 saturated carbocycles. The second kappa shape index (κ2) is 5.63. The summed E-state index contributed by atoms with van der Waals surface area (Å²) in [7, 11) is 1.84. The Bertz CT molecular complexity index is 880. The molecule has 24 heavy (non-hydrogen) atoms. The largest absolute Gasteiger partial charge is 0.491 e. The molecule has 0 aromatic carbocycles. The normalized spacial score (nSPS) is 13.2. The summed E-state index contributed by atoms with van der Waals surface area (Å²) in [5.41, 5.74) is 1.69. The topological polar surface area (TPSA) is 82.7 Å². The third kappa shape index (κ3) is 2.31. The van der Waals surface area contributed by atoms with Gasteiger partial charge in [0, 0.05) is 31.5 Å². The van der Waals surface area contributed by atoms with Crippen molar-refractivity contribution in [2.45, 2.75) is 26.4 Å². The van der Waals surface area contributed by atoms with Crippen LogP contribution in [-0.4, -0.2) is 43.0 Å². The van der Waals surface area contributed by atoms with Crippen LogP contribution in [0.15, 0.2) is 24.8 Å². The fourth-order valence-electron chi connectivity index (χ4n) is 2.84. The van der Waals surface area contributed by atoms with E-state index in [1.165, 1.54) is 0 Å². The maximum atomic E-state index is 5.85. The SMILES string of the molecule is CNc1cc2c(cn1)-c1nc(-c3ncnn3C(C)C)cn1CCO2. The Labute approximate surface area is 139 Å². The van der Waals surface area contributed by atoms with Crippen LogP contribution in [-0.2, 0) is 6.54 Å². The van der Waals surface area contributed by atoms with E-state index in [0.717, 1.165) is 41.0 Å². The van der Waals surface area contributed by atoms with Crippen LogP contribution < -0.4 is 10.1 Å². The molecule has 0 unspecified atom stereocenters. The molecule has 0 radical (unpaired) electrons. The van der Waals surface area contributed by atoms with Crippen molar-refractivity contribution in [3.63, 3.8) is 0 Å². The minimum atomic E-state index is 0.222. The van der Waals surface area contributed by atoms with Crippen molar-refractivity contribution in [1.82, 2.24) is 29.3 Å². The first-order valence-electron chi connectivity index (χ1n) is 7.95. The van der Waals surface area contributed by atoms with Gasteiger partial charge in [0.1, 0.15) is 36.0 Å². The second-order valence-corrected chi connectivity index (χ2v) is 5.93. The summed E-state index contributed by atoms with van der Waals surface area (Å²) < 4.78 is 9.81. The number of nitrogens with zero attached hydrogens (tertiary/aromatic N) is 6. The average molecular weight is 325 g/mol. The van der Waals surface area contributed by atoms with Gasteiger partial charge in [-0.2, -0.15) is 5.10 Å². The molecule has 1 N–H and O–H groups in total. The molecule has 4 rings (SSSR count). The van der Waals surface area contributed by atoms with Gasteiger partial charge in [-0.3, -0.25) is 0 Å². The summed E-state index contributed by atoms with van der Waals surface area (Å²) in [4.78, 5) is 13.6. The number of pyridine rings is 1. The number of anilines is 1. The van der Waals surface area contributed by atoms with Crippen LogP contribution in [0.1, 0.15) is 19.9 Å². The van der Waals surface area contributed by atoms with Crippen molar-refractivity contribution in [1.29, 1.82) is 0 Å². The fraction of sp³-hybridized carbons (Fsp3) is 0.375. The standard InChI is InChI=1S/C16H19N7O/c1-10(2)23-16(19-9-20-23)12-8-22-4-5-24-13-6-14(17-3)18-7-11(13)15(22)21-12/h6-10H,4-5H2,1-3H3,(H,17,18). The summed E-state index contributed by atoms with van der Waals surface area (Å²) in [5.74, 6) is 3.17. The first-order chi connectivity index (χ1) is 11.7. The number of fused-ring (bicyclic) bond motifs is 3. The molecular formula is C16H19N7O.